The molecule has 21 heavy (non-hydrogen) atoms. The highest BCUT2D eigenvalue weighted by atomic mass is 16.5. The minimum absolute atomic E-state index is 0.106. The summed E-state index contributed by atoms with van der Waals surface area (Å²) in [6.45, 7) is 2.58. The lowest BCUT2D eigenvalue weighted by Gasteiger charge is -2.44. The Morgan fingerprint density at radius 1 is 1.24 bits per heavy atom. The standard InChI is InChI=1S/C17H23NO3/c19-17(20)11-13-5-1-2-6-14(13)12-18-9-10-21-16-8-4-3-7-15(16)18/h1-2,5-6,15-16H,3-4,7-12H2,(H,19,20). The molecule has 2 unspecified atom stereocenters. The van der Waals surface area contributed by atoms with Crippen molar-refractivity contribution >= 4 is 5.97 Å². The average Bonchev–Trinajstić information content (AvgIpc) is 2.49. The first kappa shape index (κ1) is 14.5. The Bertz CT molecular complexity index is 501. The van der Waals surface area contributed by atoms with Crippen molar-refractivity contribution in [2.75, 3.05) is 13.2 Å². The molecule has 1 heterocycles. The van der Waals surface area contributed by atoms with Crippen molar-refractivity contribution in [3.8, 4) is 0 Å². The first-order valence-electron chi connectivity index (χ1n) is 7.88. The summed E-state index contributed by atoms with van der Waals surface area (Å²) in [5.74, 6) is -0.764. The molecule has 0 bridgehead atoms. The molecule has 0 radical (unpaired) electrons. The zero-order valence-corrected chi connectivity index (χ0v) is 12.3. The molecule has 0 spiro atoms. The zero-order valence-electron chi connectivity index (χ0n) is 12.3. The summed E-state index contributed by atoms with van der Waals surface area (Å²) in [6, 6.07) is 8.42. The van der Waals surface area contributed by atoms with Crippen molar-refractivity contribution in [3.63, 3.8) is 0 Å². The SMILES string of the molecule is O=C(O)Cc1ccccc1CN1CCOC2CCCCC21. The summed E-state index contributed by atoms with van der Waals surface area (Å²) in [4.78, 5) is 13.5. The number of fused-ring (bicyclic) bond motifs is 1. The maximum absolute atomic E-state index is 11.0. The average molecular weight is 289 g/mol. The predicted octanol–water partition coefficient (Wildman–Crippen LogP) is 2.46. The Balaban J connectivity index is 1.74. The van der Waals surface area contributed by atoms with Gasteiger partial charge in [0.25, 0.3) is 0 Å². The molecule has 2 aliphatic rings. The van der Waals surface area contributed by atoms with Crippen LogP contribution in [0.4, 0.5) is 0 Å². The number of benzene rings is 1. The van der Waals surface area contributed by atoms with Crippen LogP contribution in [0.25, 0.3) is 0 Å². The van der Waals surface area contributed by atoms with Crippen LogP contribution in [0.15, 0.2) is 24.3 Å². The van der Waals surface area contributed by atoms with Gasteiger partial charge in [-0.2, -0.15) is 0 Å². The third-order valence-corrected chi connectivity index (χ3v) is 4.68. The second-order valence-electron chi connectivity index (χ2n) is 6.07. The van der Waals surface area contributed by atoms with E-state index in [4.69, 9.17) is 9.84 Å². The molecule has 1 aliphatic carbocycles. The van der Waals surface area contributed by atoms with Gasteiger partial charge in [-0.1, -0.05) is 37.1 Å². The Morgan fingerprint density at radius 3 is 2.81 bits per heavy atom. The van der Waals surface area contributed by atoms with Crippen LogP contribution in [0.5, 0.6) is 0 Å². The van der Waals surface area contributed by atoms with E-state index in [2.05, 4.69) is 11.0 Å². The lowest BCUT2D eigenvalue weighted by atomic mass is 9.89. The number of carbonyl (C=O) groups is 1. The fourth-order valence-corrected chi connectivity index (χ4v) is 3.64. The van der Waals surface area contributed by atoms with E-state index in [1.54, 1.807) is 0 Å². The highest BCUT2D eigenvalue weighted by Crippen LogP contribution is 2.29. The smallest absolute Gasteiger partial charge is 0.307 e. The molecule has 1 aromatic rings. The molecule has 1 saturated carbocycles. The van der Waals surface area contributed by atoms with E-state index in [1.807, 2.05) is 18.2 Å². The van der Waals surface area contributed by atoms with Gasteiger partial charge >= 0.3 is 5.97 Å². The fourth-order valence-electron chi connectivity index (χ4n) is 3.64. The Hall–Kier alpha value is -1.39. The molecule has 3 rings (SSSR count). The molecular formula is C17H23NO3. The summed E-state index contributed by atoms with van der Waals surface area (Å²) in [6.07, 6.45) is 5.39. The number of aliphatic carboxylic acids is 1. The van der Waals surface area contributed by atoms with E-state index in [9.17, 15) is 4.79 Å². The number of hydrogen-bond acceptors (Lipinski definition) is 3. The molecule has 2 fully saturated rings. The van der Waals surface area contributed by atoms with Gasteiger partial charge in [0.2, 0.25) is 0 Å². The molecule has 1 aromatic carbocycles. The maximum Gasteiger partial charge on any atom is 0.307 e. The Labute approximate surface area is 125 Å². The van der Waals surface area contributed by atoms with Crippen LogP contribution < -0.4 is 0 Å². The molecule has 1 N–H and O–H groups in total. The van der Waals surface area contributed by atoms with E-state index in [1.165, 1.54) is 19.3 Å². The molecule has 1 saturated heterocycles. The van der Waals surface area contributed by atoms with Gasteiger partial charge < -0.3 is 9.84 Å². The zero-order chi connectivity index (χ0) is 14.7. The van der Waals surface area contributed by atoms with E-state index < -0.39 is 5.97 Å². The van der Waals surface area contributed by atoms with E-state index in [0.717, 1.165) is 37.2 Å². The number of morpholine rings is 1. The third kappa shape index (κ3) is 3.44. The van der Waals surface area contributed by atoms with Gasteiger partial charge in [0.15, 0.2) is 0 Å². The van der Waals surface area contributed by atoms with Gasteiger partial charge in [-0.05, 0) is 24.0 Å². The molecule has 4 heteroatoms. The van der Waals surface area contributed by atoms with Crippen LogP contribution in [-0.4, -0.2) is 41.3 Å². The van der Waals surface area contributed by atoms with Crippen LogP contribution in [0.2, 0.25) is 0 Å². The molecule has 0 aromatic heterocycles. The monoisotopic (exact) mass is 289 g/mol. The minimum atomic E-state index is -0.764. The van der Waals surface area contributed by atoms with Crippen molar-refractivity contribution < 1.29 is 14.6 Å². The number of carboxylic acid groups (broad SMARTS) is 1. The largest absolute Gasteiger partial charge is 0.481 e. The number of carboxylic acids is 1. The molecular weight excluding hydrogens is 266 g/mol. The topological polar surface area (TPSA) is 49.8 Å². The van der Waals surface area contributed by atoms with Gasteiger partial charge in [-0.25, -0.2) is 0 Å². The first-order chi connectivity index (χ1) is 10.2. The summed E-state index contributed by atoms with van der Waals surface area (Å²) >= 11 is 0. The van der Waals surface area contributed by atoms with Crippen molar-refractivity contribution in [1.82, 2.24) is 4.90 Å². The van der Waals surface area contributed by atoms with Crippen molar-refractivity contribution in [1.29, 1.82) is 0 Å². The van der Waals surface area contributed by atoms with Crippen molar-refractivity contribution in [3.05, 3.63) is 35.4 Å². The van der Waals surface area contributed by atoms with Gasteiger partial charge in [0, 0.05) is 19.1 Å². The number of hydrogen-bond donors (Lipinski definition) is 1. The number of rotatable bonds is 4. The van der Waals surface area contributed by atoms with Crippen LogP contribution >= 0.6 is 0 Å². The lowest BCUT2D eigenvalue weighted by Crippen LogP contribution is -2.52. The number of ether oxygens (including phenoxy) is 1. The summed E-state index contributed by atoms with van der Waals surface area (Å²) in [5, 5.41) is 9.05. The molecule has 1 aliphatic heterocycles. The van der Waals surface area contributed by atoms with Gasteiger partial charge in [-0.15, -0.1) is 0 Å². The number of nitrogens with zero attached hydrogens (tertiary/aromatic N) is 1. The Kier molecular flexibility index (Phi) is 4.56. The molecule has 4 nitrogen and oxygen atoms in total. The summed E-state index contributed by atoms with van der Waals surface area (Å²) in [7, 11) is 0. The van der Waals surface area contributed by atoms with Crippen LogP contribution in [-0.2, 0) is 22.5 Å². The van der Waals surface area contributed by atoms with Gasteiger partial charge in [-0.3, -0.25) is 9.69 Å². The highest BCUT2D eigenvalue weighted by molar-refractivity contribution is 5.70. The third-order valence-electron chi connectivity index (χ3n) is 4.68. The molecule has 2 atom stereocenters. The van der Waals surface area contributed by atoms with Crippen LogP contribution in [0, 0.1) is 0 Å². The van der Waals surface area contributed by atoms with E-state index >= 15 is 0 Å². The second-order valence-corrected chi connectivity index (χ2v) is 6.07. The molecule has 114 valence electrons. The lowest BCUT2D eigenvalue weighted by molar-refractivity contribution is -0.136. The maximum atomic E-state index is 11.0. The normalized spacial score (nSPS) is 26.3. The van der Waals surface area contributed by atoms with Gasteiger partial charge in [0.1, 0.15) is 0 Å². The Morgan fingerprint density at radius 2 is 2.00 bits per heavy atom. The summed E-state index contributed by atoms with van der Waals surface area (Å²) < 4.78 is 5.91. The minimum Gasteiger partial charge on any atom is -0.481 e. The fraction of sp³-hybridized carbons (Fsp3) is 0.588. The van der Waals surface area contributed by atoms with Crippen LogP contribution in [0.3, 0.4) is 0 Å². The van der Waals surface area contributed by atoms with Crippen LogP contribution in [0.1, 0.15) is 36.8 Å². The van der Waals surface area contributed by atoms with E-state index in [-0.39, 0.29) is 6.42 Å². The first-order valence-corrected chi connectivity index (χ1v) is 7.88. The van der Waals surface area contributed by atoms with E-state index in [0.29, 0.717) is 12.1 Å². The predicted molar refractivity (Wildman–Crippen MR) is 80.2 cm³/mol. The van der Waals surface area contributed by atoms with Crippen molar-refractivity contribution in [2.45, 2.75) is 50.8 Å². The highest BCUT2D eigenvalue weighted by Gasteiger charge is 2.34. The van der Waals surface area contributed by atoms with Crippen molar-refractivity contribution in [2.24, 2.45) is 0 Å². The van der Waals surface area contributed by atoms with Gasteiger partial charge in [0.05, 0.1) is 19.1 Å². The summed E-state index contributed by atoms with van der Waals surface area (Å²) in [5.41, 5.74) is 2.08. The molecule has 0 amide bonds. The quantitative estimate of drug-likeness (QED) is 0.925. The second kappa shape index (κ2) is 6.58.